The van der Waals surface area contributed by atoms with Gasteiger partial charge in [-0.25, -0.2) is 0 Å². The molecule has 43 heavy (non-hydrogen) atoms. The highest BCUT2D eigenvalue weighted by Gasteiger charge is 2.40. The molecule has 1 aliphatic rings. The standard InChI is InChI=1S/C37H48N2O4/c1-25-12-9-13-26(2)32(25)35(41)39-21-11-16-31(34(40)38-29-15-10-14-28(24-29)36(3,4)5)33(39)27-17-19-30(20-18-27)42-22-23-43-37(6,7)8/h9-10,12-15,17-20,24,31,33H,11,16,21-23H2,1-8H3,(H,38,40). The van der Waals surface area contributed by atoms with Crippen LogP contribution in [0.4, 0.5) is 5.69 Å². The van der Waals surface area contributed by atoms with Gasteiger partial charge in [-0.2, -0.15) is 0 Å². The third-order valence-corrected chi connectivity index (χ3v) is 8.03. The lowest BCUT2D eigenvalue weighted by Gasteiger charge is -2.41. The lowest BCUT2D eigenvalue weighted by Crippen LogP contribution is -2.46. The molecule has 2 unspecified atom stereocenters. The fraction of sp³-hybridized carbons (Fsp3) is 0.459. The number of ether oxygens (including phenoxy) is 2. The number of piperidine rings is 1. The first-order valence-corrected chi connectivity index (χ1v) is 15.4. The van der Waals surface area contributed by atoms with Crippen molar-refractivity contribution in [2.24, 2.45) is 5.92 Å². The number of anilines is 1. The summed E-state index contributed by atoms with van der Waals surface area (Å²) in [5, 5.41) is 3.19. The number of benzene rings is 3. The molecule has 1 N–H and O–H groups in total. The van der Waals surface area contributed by atoms with Gasteiger partial charge in [0.05, 0.1) is 24.2 Å². The van der Waals surface area contributed by atoms with Crippen molar-refractivity contribution in [1.82, 2.24) is 4.90 Å². The molecule has 3 aromatic carbocycles. The summed E-state index contributed by atoms with van der Waals surface area (Å²) in [6.45, 7) is 18.0. The van der Waals surface area contributed by atoms with Crippen molar-refractivity contribution < 1.29 is 19.1 Å². The maximum absolute atomic E-state index is 14.2. The van der Waals surface area contributed by atoms with Crippen LogP contribution < -0.4 is 10.1 Å². The van der Waals surface area contributed by atoms with E-state index in [1.54, 1.807) is 0 Å². The maximum atomic E-state index is 14.2. The number of carbonyl (C=O) groups is 2. The van der Waals surface area contributed by atoms with E-state index in [1.807, 2.05) is 100 Å². The molecule has 230 valence electrons. The molecule has 6 heteroatoms. The number of hydrogen-bond donors (Lipinski definition) is 1. The third-order valence-electron chi connectivity index (χ3n) is 8.03. The Morgan fingerprint density at radius 3 is 2.16 bits per heavy atom. The summed E-state index contributed by atoms with van der Waals surface area (Å²) in [7, 11) is 0. The minimum absolute atomic E-state index is 0.0347. The van der Waals surface area contributed by atoms with Gasteiger partial charge in [0.1, 0.15) is 12.4 Å². The molecule has 1 aliphatic heterocycles. The summed E-state index contributed by atoms with van der Waals surface area (Å²) in [4.78, 5) is 30.1. The normalized spacial score (nSPS) is 17.4. The molecule has 1 heterocycles. The van der Waals surface area contributed by atoms with E-state index in [2.05, 4.69) is 32.2 Å². The van der Waals surface area contributed by atoms with Crippen LogP contribution in [-0.2, 0) is 14.9 Å². The molecule has 0 spiro atoms. The Hall–Kier alpha value is -3.64. The smallest absolute Gasteiger partial charge is 0.254 e. The molecule has 1 saturated heterocycles. The Balaban J connectivity index is 1.63. The van der Waals surface area contributed by atoms with E-state index >= 15 is 0 Å². The van der Waals surface area contributed by atoms with Crippen LogP contribution >= 0.6 is 0 Å². The Labute approximate surface area is 257 Å². The van der Waals surface area contributed by atoms with Crippen LogP contribution in [0.15, 0.2) is 66.7 Å². The molecule has 6 nitrogen and oxygen atoms in total. The minimum atomic E-state index is -0.413. The number of nitrogens with one attached hydrogen (secondary N) is 1. The Bertz CT molecular complexity index is 1400. The van der Waals surface area contributed by atoms with E-state index in [-0.39, 0.29) is 22.8 Å². The highest BCUT2D eigenvalue weighted by atomic mass is 16.5. The molecule has 2 atom stereocenters. The van der Waals surface area contributed by atoms with Crippen LogP contribution in [0.5, 0.6) is 5.75 Å². The highest BCUT2D eigenvalue weighted by molar-refractivity contribution is 5.99. The van der Waals surface area contributed by atoms with Gasteiger partial charge in [-0.05, 0) is 99.4 Å². The van der Waals surface area contributed by atoms with Crippen molar-refractivity contribution in [2.75, 3.05) is 25.1 Å². The van der Waals surface area contributed by atoms with Crippen LogP contribution in [-0.4, -0.2) is 42.1 Å². The van der Waals surface area contributed by atoms with Crippen LogP contribution in [0.1, 0.15) is 93.0 Å². The summed E-state index contributed by atoms with van der Waals surface area (Å²) >= 11 is 0. The second-order valence-electron chi connectivity index (χ2n) is 13.7. The second kappa shape index (κ2) is 13.3. The quantitative estimate of drug-likeness (QED) is 0.272. The largest absolute Gasteiger partial charge is 0.491 e. The van der Waals surface area contributed by atoms with Crippen molar-refractivity contribution >= 4 is 17.5 Å². The van der Waals surface area contributed by atoms with Crippen molar-refractivity contribution in [1.29, 1.82) is 0 Å². The molecule has 4 rings (SSSR count). The number of hydrogen-bond acceptors (Lipinski definition) is 4. The van der Waals surface area contributed by atoms with E-state index in [0.717, 1.165) is 40.1 Å². The van der Waals surface area contributed by atoms with Gasteiger partial charge in [0.2, 0.25) is 5.91 Å². The fourth-order valence-corrected chi connectivity index (χ4v) is 5.77. The SMILES string of the molecule is Cc1cccc(C)c1C(=O)N1CCCC(C(=O)Nc2cccc(C(C)(C)C)c2)C1c1ccc(OCCOC(C)(C)C)cc1. The molecule has 3 aromatic rings. The Kier molecular flexibility index (Phi) is 10.0. The summed E-state index contributed by atoms with van der Waals surface area (Å²) < 4.78 is 11.7. The monoisotopic (exact) mass is 584 g/mol. The second-order valence-corrected chi connectivity index (χ2v) is 13.7. The molecule has 0 bridgehead atoms. The van der Waals surface area contributed by atoms with Crippen molar-refractivity contribution in [2.45, 2.75) is 85.3 Å². The van der Waals surface area contributed by atoms with Gasteiger partial charge in [0.25, 0.3) is 5.91 Å². The summed E-state index contributed by atoms with van der Waals surface area (Å²) in [5.74, 6) is 0.208. The van der Waals surface area contributed by atoms with Gasteiger partial charge >= 0.3 is 0 Å². The lowest BCUT2D eigenvalue weighted by molar-refractivity contribution is -0.123. The van der Waals surface area contributed by atoms with Crippen molar-refractivity contribution in [3.63, 3.8) is 0 Å². The van der Waals surface area contributed by atoms with Gasteiger partial charge in [-0.3, -0.25) is 9.59 Å². The molecule has 2 amide bonds. The predicted octanol–water partition coefficient (Wildman–Crippen LogP) is 8.03. The van der Waals surface area contributed by atoms with Crippen molar-refractivity contribution in [3.05, 3.63) is 94.5 Å². The minimum Gasteiger partial charge on any atom is -0.491 e. The van der Waals surface area contributed by atoms with E-state index in [0.29, 0.717) is 31.7 Å². The van der Waals surface area contributed by atoms with Crippen LogP contribution in [0.3, 0.4) is 0 Å². The van der Waals surface area contributed by atoms with Gasteiger partial charge in [-0.1, -0.05) is 63.2 Å². The number of rotatable bonds is 8. The van der Waals surface area contributed by atoms with Gasteiger partial charge in [0.15, 0.2) is 0 Å². The number of carbonyl (C=O) groups excluding carboxylic acids is 2. The molecule has 0 aromatic heterocycles. The van der Waals surface area contributed by atoms with Crippen molar-refractivity contribution in [3.8, 4) is 5.75 Å². The van der Waals surface area contributed by atoms with E-state index in [1.165, 1.54) is 0 Å². The number of amides is 2. The van der Waals surface area contributed by atoms with Gasteiger partial charge in [0, 0.05) is 17.8 Å². The van der Waals surface area contributed by atoms with Crippen LogP contribution in [0, 0.1) is 19.8 Å². The molecular formula is C37H48N2O4. The van der Waals surface area contributed by atoms with E-state index < -0.39 is 12.0 Å². The topological polar surface area (TPSA) is 67.9 Å². The summed E-state index contributed by atoms with van der Waals surface area (Å²) in [6.07, 6.45) is 1.44. The first-order valence-electron chi connectivity index (χ1n) is 15.4. The summed E-state index contributed by atoms with van der Waals surface area (Å²) in [6, 6.07) is 21.4. The Morgan fingerprint density at radius 2 is 1.53 bits per heavy atom. The predicted molar refractivity (Wildman–Crippen MR) is 174 cm³/mol. The average molecular weight is 585 g/mol. The van der Waals surface area contributed by atoms with Gasteiger partial charge in [-0.15, -0.1) is 0 Å². The van der Waals surface area contributed by atoms with Crippen LogP contribution in [0.2, 0.25) is 0 Å². The number of aryl methyl sites for hydroxylation is 2. The zero-order valence-corrected chi connectivity index (χ0v) is 27.1. The molecule has 0 radical (unpaired) electrons. The zero-order chi connectivity index (χ0) is 31.4. The molecule has 0 aliphatic carbocycles. The zero-order valence-electron chi connectivity index (χ0n) is 27.1. The fourth-order valence-electron chi connectivity index (χ4n) is 5.77. The molecule has 1 fully saturated rings. The molecule has 0 saturated carbocycles. The number of likely N-dealkylation sites (tertiary alicyclic amines) is 1. The third kappa shape index (κ3) is 8.26. The molecular weight excluding hydrogens is 536 g/mol. The van der Waals surface area contributed by atoms with Gasteiger partial charge < -0.3 is 19.7 Å². The first-order chi connectivity index (χ1) is 20.2. The maximum Gasteiger partial charge on any atom is 0.254 e. The summed E-state index contributed by atoms with van der Waals surface area (Å²) in [5.41, 5.74) is 5.18. The van der Waals surface area contributed by atoms with Crippen LogP contribution in [0.25, 0.3) is 0 Å². The average Bonchev–Trinajstić information content (AvgIpc) is 2.94. The van der Waals surface area contributed by atoms with E-state index in [4.69, 9.17) is 9.47 Å². The highest BCUT2D eigenvalue weighted by Crippen LogP contribution is 2.39. The Morgan fingerprint density at radius 1 is 0.884 bits per heavy atom. The van der Waals surface area contributed by atoms with E-state index in [9.17, 15) is 9.59 Å². The first kappa shape index (κ1) is 32.3. The lowest BCUT2D eigenvalue weighted by atomic mass is 9.83. The number of nitrogens with zero attached hydrogens (tertiary/aromatic N) is 1.